The highest BCUT2D eigenvalue weighted by Crippen LogP contribution is 2.20. The van der Waals surface area contributed by atoms with E-state index >= 15 is 0 Å². The Balaban J connectivity index is 2.30. The van der Waals surface area contributed by atoms with Gasteiger partial charge in [-0.3, -0.25) is 9.59 Å². The van der Waals surface area contributed by atoms with E-state index in [9.17, 15) is 23.9 Å². The SMILES string of the molecule is CC(=O)NC(=Cc1ccc(F)cc1)C(=O)N1CCC[C@H]1C(=O)O. The van der Waals surface area contributed by atoms with Gasteiger partial charge in [0.2, 0.25) is 5.91 Å². The molecule has 1 fully saturated rings. The Bertz CT molecular complexity index is 655. The predicted molar refractivity (Wildman–Crippen MR) is 80.6 cm³/mol. The molecule has 7 heteroatoms. The number of hydrogen-bond acceptors (Lipinski definition) is 3. The number of carbonyl (C=O) groups excluding carboxylic acids is 2. The number of amides is 2. The van der Waals surface area contributed by atoms with Crippen LogP contribution in [0.25, 0.3) is 6.08 Å². The van der Waals surface area contributed by atoms with E-state index < -0.39 is 29.6 Å². The molecule has 1 aliphatic heterocycles. The Labute approximate surface area is 132 Å². The van der Waals surface area contributed by atoms with Crippen molar-refractivity contribution in [2.75, 3.05) is 6.54 Å². The first kappa shape index (κ1) is 16.7. The lowest BCUT2D eigenvalue weighted by Crippen LogP contribution is -2.44. The molecule has 1 heterocycles. The van der Waals surface area contributed by atoms with Crippen molar-refractivity contribution in [2.24, 2.45) is 0 Å². The highest BCUT2D eigenvalue weighted by molar-refractivity contribution is 6.02. The number of nitrogens with one attached hydrogen (secondary N) is 1. The minimum atomic E-state index is -1.07. The highest BCUT2D eigenvalue weighted by Gasteiger charge is 2.35. The molecular formula is C16H17FN2O4. The third kappa shape index (κ3) is 4.15. The van der Waals surface area contributed by atoms with Crippen molar-refractivity contribution in [3.8, 4) is 0 Å². The summed E-state index contributed by atoms with van der Waals surface area (Å²) in [5.41, 5.74) is 0.492. The van der Waals surface area contributed by atoms with E-state index in [-0.39, 0.29) is 5.70 Å². The van der Waals surface area contributed by atoms with Gasteiger partial charge in [0.15, 0.2) is 0 Å². The highest BCUT2D eigenvalue weighted by atomic mass is 19.1. The maximum absolute atomic E-state index is 12.9. The monoisotopic (exact) mass is 320 g/mol. The van der Waals surface area contributed by atoms with Gasteiger partial charge >= 0.3 is 5.97 Å². The largest absolute Gasteiger partial charge is 0.480 e. The van der Waals surface area contributed by atoms with Crippen LogP contribution in [0.3, 0.4) is 0 Å². The summed E-state index contributed by atoms with van der Waals surface area (Å²) >= 11 is 0. The zero-order chi connectivity index (χ0) is 17.0. The van der Waals surface area contributed by atoms with Crippen LogP contribution in [-0.2, 0) is 14.4 Å². The number of rotatable bonds is 4. The van der Waals surface area contributed by atoms with Crippen molar-refractivity contribution in [3.05, 3.63) is 41.3 Å². The van der Waals surface area contributed by atoms with Gasteiger partial charge in [0, 0.05) is 13.5 Å². The first-order chi connectivity index (χ1) is 10.9. The fourth-order valence-corrected chi connectivity index (χ4v) is 2.49. The van der Waals surface area contributed by atoms with Crippen LogP contribution in [0.2, 0.25) is 0 Å². The van der Waals surface area contributed by atoms with Crippen molar-refractivity contribution in [2.45, 2.75) is 25.8 Å². The third-order valence-corrected chi connectivity index (χ3v) is 3.52. The van der Waals surface area contributed by atoms with Gasteiger partial charge in [-0.25, -0.2) is 9.18 Å². The van der Waals surface area contributed by atoms with Crippen LogP contribution in [0.1, 0.15) is 25.3 Å². The van der Waals surface area contributed by atoms with Gasteiger partial charge in [0.25, 0.3) is 5.91 Å². The molecule has 2 rings (SSSR count). The standard InChI is InChI=1S/C16H17FN2O4/c1-10(20)18-13(9-11-4-6-12(17)7-5-11)15(21)19-8-2-3-14(19)16(22)23/h4-7,9,14H,2-3,8H2,1H3,(H,18,20)(H,22,23)/t14-/m0/s1. The van der Waals surface area contributed by atoms with Crippen molar-refractivity contribution in [1.82, 2.24) is 10.2 Å². The summed E-state index contributed by atoms with van der Waals surface area (Å²) in [6, 6.07) is 4.49. The first-order valence-corrected chi connectivity index (χ1v) is 7.17. The Morgan fingerprint density at radius 1 is 1.30 bits per heavy atom. The van der Waals surface area contributed by atoms with Crippen molar-refractivity contribution < 1.29 is 23.9 Å². The van der Waals surface area contributed by atoms with Crippen LogP contribution in [0.15, 0.2) is 30.0 Å². The molecule has 6 nitrogen and oxygen atoms in total. The maximum atomic E-state index is 12.9. The minimum Gasteiger partial charge on any atom is -0.480 e. The average molecular weight is 320 g/mol. The summed E-state index contributed by atoms with van der Waals surface area (Å²) < 4.78 is 12.9. The lowest BCUT2D eigenvalue weighted by atomic mass is 10.1. The van der Waals surface area contributed by atoms with Crippen LogP contribution in [-0.4, -0.2) is 40.4 Å². The predicted octanol–water partition coefficient (Wildman–Crippen LogP) is 1.38. The summed E-state index contributed by atoms with van der Waals surface area (Å²) in [6.45, 7) is 1.57. The molecule has 0 bridgehead atoms. The van der Waals surface area contributed by atoms with Gasteiger partial charge in [-0.2, -0.15) is 0 Å². The molecule has 0 aromatic heterocycles. The van der Waals surface area contributed by atoms with E-state index in [4.69, 9.17) is 0 Å². The second kappa shape index (κ2) is 7.04. The molecule has 0 unspecified atom stereocenters. The number of likely N-dealkylation sites (tertiary alicyclic amines) is 1. The number of carboxylic acid groups (broad SMARTS) is 1. The lowest BCUT2D eigenvalue weighted by molar-refractivity contribution is -0.147. The van der Waals surface area contributed by atoms with Crippen molar-refractivity contribution in [3.63, 3.8) is 0 Å². The Hall–Kier alpha value is -2.70. The van der Waals surface area contributed by atoms with Crippen molar-refractivity contribution >= 4 is 23.9 Å². The first-order valence-electron chi connectivity index (χ1n) is 7.17. The summed E-state index contributed by atoms with van der Waals surface area (Å²) in [5, 5.41) is 11.6. The fraction of sp³-hybridized carbons (Fsp3) is 0.312. The number of hydrogen-bond donors (Lipinski definition) is 2. The molecule has 2 amide bonds. The quantitative estimate of drug-likeness (QED) is 0.821. The van der Waals surface area contributed by atoms with Crippen LogP contribution in [0.4, 0.5) is 4.39 Å². The zero-order valence-electron chi connectivity index (χ0n) is 12.6. The van der Waals surface area contributed by atoms with E-state index in [1.54, 1.807) is 0 Å². The topological polar surface area (TPSA) is 86.7 Å². The molecule has 1 saturated heterocycles. The van der Waals surface area contributed by atoms with Crippen LogP contribution in [0, 0.1) is 5.82 Å². The summed E-state index contributed by atoms with van der Waals surface area (Å²) in [7, 11) is 0. The summed E-state index contributed by atoms with van der Waals surface area (Å²) in [5.74, 6) is -2.49. The maximum Gasteiger partial charge on any atom is 0.326 e. The second-order valence-electron chi connectivity index (χ2n) is 5.29. The molecular weight excluding hydrogens is 303 g/mol. The minimum absolute atomic E-state index is 0.0303. The van der Waals surface area contributed by atoms with E-state index in [0.29, 0.717) is 24.9 Å². The Kier molecular flexibility index (Phi) is 5.10. The molecule has 122 valence electrons. The van der Waals surface area contributed by atoms with Gasteiger partial charge in [-0.15, -0.1) is 0 Å². The number of carbonyl (C=O) groups is 3. The zero-order valence-corrected chi connectivity index (χ0v) is 12.6. The Morgan fingerprint density at radius 2 is 1.96 bits per heavy atom. The van der Waals surface area contributed by atoms with Crippen LogP contribution >= 0.6 is 0 Å². The molecule has 1 aromatic carbocycles. The van der Waals surface area contributed by atoms with Gasteiger partial charge in [0.1, 0.15) is 17.6 Å². The van der Waals surface area contributed by atoms with Crippen molar-refractivity contribution in [1.29, 1.82) is 0 Å². The van der Waals surface area contributed by atoms with E-state index in [1.807, 2.05) is 0 Å². The Morgan fingerprint density at radius 3 is 2.52 bits per heavy atom. The summed E-state index contributed by atoms with van der Waals surface area (Å²) in [6.07, 6.45) is 2.37. The molecule has 0 aliphatic carbocycles. The third-order valence-electron chi connectivity index (χ3n) is 3.52. The fourth-order valence-electron chi connectivity index (χ4n) is 2.49. The molecule has 1 aromatic rings. The molecule has 23 heavy (non-hydrogen) atoms. The summed E-state index contributed by atoms with van der Waals surface area (Å²) in [4.78, 5) is 36.4. The molecule has 1 atom stereocenters. The van der Waals surface area contributed by atoms with E-state index in [1.165, 1.54) is 42.2 Å². The smallest absolute Gasteiger partial charge is 0.326 e. The average Bonchev–Trinajstić information content (AvgIpc) is 2.97. The van der Waals surface area contributed by atoms with E-state index in [0.717, 1.165) is 0 Å². The van der Waals surface area contributed by atoms with E-state index in [2.05, 4.69) is 5.32 Å². The lowest BCUT2D eigenvalue weighted by Gasteiger charge is -2.23. The number of halogens is 1. The molecule has 2 N–H and O–H groups in total. The molecule has 0 saturated carbocycles. The molecule has 0 spiro atoms. The van der Waals surface area contributed by atoms with Crippen LogP contribution in [0.5, 0.6) is 0 Å². The number of aliphatic carboxylic acids is 1. The number of carboxylic acids is 1. The number of nitrogens with zero attached hydrogens (tertiary/aromatic N) is 1. The molecule has 1 aliphatic rings. The van der Waals surface area contributed by atoms with Gasteiger partial charge in [-0.1, -0.05) is 12.1 Å². The second-order valence-corrected chi connectivity index (χ2v) is 5.29. The van der Waals surface area contributed by atoms with Gasteiger partial charge in [-0.05, 0) is 36.6 Å². The van der Waals surface area contributed by atoms with Gasteiger partial charge < -0.3 is 15.3 Å². The normalized spacial score (nSPS) is 17.9. The van der Waals surface area contributed by atoms with Gasteiger partial charge in [0.05, 0.1) is 0 Å². The number of benzene rings is 1. The molecule has 0 radical (unpaired) electrons. The van der Waals surface area contributed by atoms with Crippen LogP contribution < -0.4 is 5.32 Å².